The average Bonchev–Trinajstić information content (AvgIpc) is 3.06. The van der Waals surface area contributed by atoms with Crippen molar-refractivity contribution < 1.29 is 14.3 Å². The molecule has 0 spiro atoms. The highest BCUT2D eigenvalue weighted by Gasteiger charge is 2.28. The van der Waals surface area contributed by atoms with E-state index in [1.165, 1.54) is 18.5 Å². The van der Waals surface area contributed by atoms with Crippen molar-refractivity contribution in [3.8, 4) is 11.8 Å². The van der Waals surface area contributed by atoms with Gasteiger partial charge >= 0.3 is 0 Å². The fourth-order valence-corrected chi connectivity index (χ4v) is 2.47. The standard InChI is InChI=1S/C18H16FN3O2/c1-10(23)4-3-5-12-14(19)6-7-15-17(12)13(18(24)22-15)8-16-11(2)20-9-21-16/h6-10,23H,4H2,1-2H3,(H,20,21)(H,22,24)/b13-8-/t10-/m1/s1. The smallest absolute Gasteiger partial charge is 0.256 e. The van der Waals surface area contributed by atoms with Crippen LogP contribution < -0.4 is 5.32 Å². The number of carbonyl (C=O) groups excluding carboxylic acids is 1. The molecule has 0 saturated heterocycles. The molecule has 24 heavy (non-hydrogen) atoms. The number of aromatic nitrogens is 2. The van der Waals surface area contributed by atoms with Gasteiger partial charge in [0, 0.05) is 12.0 Å². The van der Waals surface area contributed by atoms with Crippen molar-refractivity contribution in [3.63, 3.8) is 0 Å². The topological polar surface area (TPSA) is 78.0 Å². The van der Waals surface area contributed by atoms with Crippen LogP contribution >= 0.6 is 0 Å². The third kappa shape index (κ3) is 2.94. The van der Waals surface area contributed by atoms with Crippen LogP contribution in [0.15, 0.2) is 18.5 Å². The molecule has 1 aromatic carbocycles. The van der Waals surface area contributed by atoms with E-state index in [1.54, 1.807) is 13.0 Å². The average molecular weight is 325 g/mol. The number of benzene rings is 1. The van der Waals surface area contributed by atoms with Gasteiger partial charge in [0.25, 0.3) is 5.91 Å². The predicted molar refractivity (Wildman–Crippen MR) is 89.4 cm³/mol. The van der Waals surface area contributed by atoms with Gasteiger partial charge in [0.05, 0.1) is 40.6 Å². The molecule has 0 saturated carbocycles. The van der Waals surface area contributed by atoms with E-state index in [4.69, 9.17) is 0 Å². The second kappa shape index (κ2) is 6.30. The number of nitrogens with one attached hydrogen (secondary N) is 2. The fourth-order valence-electron chi connectivity index (χ4n) is 2.47. The summed E-state index contributed by atoms with van der Waals surface area (Å²) in [6.45, 7) is 3.42. The number of H-pyrrole nitrogens is 1. The first-order valence-corrected chi connectivity index (χ1v) is 7.50. The van der Waals surface area contributed by atoms with Crippen LogP contribution in [-0.2, 0) is 4.79 Å². The molecule has 1 aliphatic heterocycles. The summed E-state index contributed by atoms with van der Waals surface area (Å²) >= 11 is 0. The summed E-state index contributed by atoms with van der Waals surface area (Å²) in [5.74, 6) is 4.68. The summed E-state index contributed by atoms with van der Waals surface area (Å²) in [5, 5.41) is 12.0. The molecule has 0 bridgehead atoms. The molecule has 3 N–H and O–H groups in total. The Morgan fingerprint density at radius 1 is 1.46 bits per heavy atom. The van der Waals surface area contributed by atoms with Crippen LogP contribution in [0.3, 0.4) is 0 Å². The van der Waals surface area contributed by atoms with Crippen molar-refractivity contribution in [1.82, 2.24) is 9.97 Å². The molecule has 5 nitrogen and oxygen atoms in total. The van der Waals surface area contributed by atoms with Crippen LogP contribution in [-0.4, -0.2) is 27.1 Å². The van der Waals surface area contributed by atoms with Crippen molar-refractivity contribution in [1.29, 1.82) is 0 Å². The zero-order valence-electron chi connectivity index (χ0n) is 13.3. The largest absolute Gasteiger partial charge is 0.392 e. The fraction of sp³-hybridized carbons (Fsp3) is 0.222. The highest BCUT2D eigenvalue weighted by atomic mass is 19.1. The van der Waals surface area contributed by atoms with Gasteiger partial charge < -0.3 is 15.4 Å². The second-order valence-corrected chi connectivity index (χ2v) is 5.61. The van der Waals surface area contributed by atoms with E-state index in [2.05, 4.69) is 27.1 Å². The highest BCUT2D eigenvalue weighted by molar-refractivity contribution is 6.35. The molecule has 1 atom stereocenters. The number of aliphatic hydroxyl groups is 1. The molecule has 1 amide bonds. The van der Waals surface area contributed by atoms with Crippen LogP contribution in [0.2, 0.25) is 0 Å². The van der Waals surface area contributed by atoms with Crippen molar-refractivity contribution in [2.45, 2.75) is 26.4 Å². The minimum atomic E-state index is -0.597. The number of aromatic amines is 1. The van der Waals surface area contributed by atoms with Crippen LogP contribution in [0.5, 0.6) is 0 Å². The monoisotopic (exact) mass is 325 g/mol. The molecule has 6 heteroatoms. The summed E-state index contributed by atoms with van der Waals surface area (Å²) in [6.07, 6.45) is 2.80. The van der Waals surface area contributed by atoms with E-state index in [-0.39, 0.29) is 17.9 Å². The van der Waals surface area contributed by atoms with Gasteiger partial charge in [-0.05, 0) is 32.1 Å². The molecule has 0 fully saturated rings. The van der Waals surface area contributed by atoms with E-state index in [9.17, 15) is 14.3 Å². The summed E-state index contributed by atoms with van der Waals surface area (Å²) in [5.41, 5.74) is 2.86. The number of halogens is 1. The Morgan fingerprint density at radius 3 is 2.92 bits per heavy atom. The number of fused-ring (bicyclic) bond motifs is 1. The number of aliphatic hydroxyl groups excluding tert-OH is 1. The van der Waals surface area contributed by atoms with Gasteiger partial charge in [-0.2, -0.15) is 0 Å². The van der Waals surface area contributed by atoms with Crippen molar-refractivity contribution in [2.24, 2.45) is 0 Å². The first kappa shape index (κ1) is 16.0. The SMILES string of the molecule is Cc1nc[nH]c1/C=C1\C(=O)Nc2ccc(F)c(C#CC[C@@H](C)O)c21. The van der Waals surface area contributed by atoms with Gasteiger partial charge in [-0.25, -0.2) is 9.37 Å². The van der Waals surface area contributed by atoms with Crippen LogP contribution in [0.25, 0.3) is 11.6 Å². The maximum Gasteiger partial charge on any atom is 0.256 e. The van der Waals surface area contributed by atoms with Crippen LogP contribution in [0.4, 0.5) is 10.1 Å². The number of carbonyl (C=O) groups is 1. The Kier molecular flexibility index (Phi) is 4.19. The molecule has 0 aliphatic carbocycles. The molecule has 2 heterocycles. The Morgan fingerprint density at radius 2 is 2.25 bits per heavy atom. The van der Waals surface area contributed by atoms with Gasteiger partial charge in [0.1, 0.15) is 5.82 Å². The lowest BCUT2D eigenvalue weighted by atomic mass is 9.99. The molecule has 1 aliphatic rings. The first-order chi connectivity index (χ1) is 11.5. The molecule has 1 aromatic heterocycles. The Labute approximate surface area is 138 Å². The van der Waals surface area contributed by atoms with Gasteiger partial charge in [0.2, 0.25) is 0 Å². The summed E-state index contributed by atoms with van der Waals surface area (Å²) in [6, 6.07) is 2.79. The maximum atomic E-state index is 14.3. The van der Waals surface area contributed by atoms with Gasteiger partial charge in [-0.3, -0.25) is 4.79 Å². The van der Waals surface area contributed by atoms with Crippen molar-refractivity contribution in [3.05, 3.63) is 46.8 Å². The third-order valence-corrected chi connectivity index (χ3v) is 3.68. The van der Waals surface area contributed by atoms with Crippen LogP contribution in [0.1, 0.15) is 35.9 Å². The minimum absolute atomic E-state index is 0.148. The number of imidazole rings is 1. The molecule has 0 unspecified atom stereocenters. The maximum absolute atomic E-state index is 14.3. The lowest BCUT2D eigenvalue weighted by molar-refractivity contribution is -0.110. The Hall–Kier alpha value is -2.91. The number of rotatable bonds is 2. The van der Waals surface area contributed by atoms with Gasteiger partial charge in [0.15, 0.2) is 0 Å². The number of amides is 1. The predicted octanol–water partition coefficient (Wildman–Crippen LogP) is 2.47. The van der Waals surface area contributed by atoms with Crippen LogP contribution in [0, 0.1) is 24.6 Å². The number of aryl methyl sites for hydroxylation is 1. The molecule has 2 aromatic rings. The second-order valence-electron chi connectivity index (χ2n) is 5.61. The lowest BCUT2D eigenvalue weighted by Crippen LogP contribution is -2.03. The zero-order valence-corrected chi connectivity index (χ0v) is 13.3. The van der Waals surface area contributed by atoms with Crippen molar-refractivity contribution in [2.75, 3.05) is 5.32 Å². The summed E-state index contributed by atoms with van der Waals surface area (Å²) in [7, 11) is 0. The van der Waals surface area contributed by atoms with E-state index < -0.39 is 11.9 Å². The van der Waals surface area contributed by atoms with E-state index in [0.717, 1.165) is 5.69 Å². The number of hydrogen-bond acceptors (Lipinski definition) is 3. The number of hydrogen-bond donors (Lipinski definition) is 3. The van der Waals surface area contributed by atoms with E-state index in [0.29, 0.717) is 22.5 Å². The Balaban J connectivity index is 2.13. The first-order valence-electron chi connectivity index (χ1n) is 7.50. The summed E-state index contributed by atoms with van der Waals surface area (Å²) < 4.78 is 14.3. The summed E-state index contributed by atoms with van der Waals surface area (Å²) in [4.78, 5) is 19.3. The van der Waals surface area contributed by atoms with Crippen molar-refractivity contribution >= 4 is 23.2 Å². The Bertz CT molecular complexity index is 901. The molecule has 3 rings (SSSR count). The van der Waals surface area contributed by atoms with Gasteiger partial charge in [-0.1, -0.05) is 11.8 Å². The number of anilines is 1. The third-order valence-electron chi connectivity index (χ3n) is 3.68. The quantitative estimate of drug-likeness (QED) is 0.586. The number of nitrogens with zero attached hydrogens (tertiary/aromatic N) is 1. The van der Waals surface area contributed by atoms with E-state index >= 15 is 0 Å². The lowest BCUT2D eigenvalue weighted by Gasteiger charge is -2.04. The normalized spacial score (nSPS) is 15.7. The molecule has 122 valence electrons. The zero-order chi connectivity index (χ0) is 17.3. The van der Waals surface area contributed by atoms with E-state index in [1.807, 2.05) is 6.92 Å². The molecular weight excluding hydrogens is 309 g/mol. The van der Waals surface area contributed by atoms with Gasteiger partial charge in [-0.15, -0.1) is 0 Å². The molecular formula is C18H16FN3O2. The highest BCUT2D eigenvalue weighted by Crippen LogP contribution is 2.36. The molecule has 0 radical (unpaired) electrons. The minimum Gasteiger partial charge on any atom is -0.392 e.